The van der Waals surface area contributed by atoms with Gasteiger partial charge in [-0.25, -0.2) is 9.78 Å². The Labute approximate surface area is 157 Å². The molecule has 0 fully saturated rings. The second kappa shape index (κ2) is 8.95. The van der Waals surface area contributed by atoms with Gasteiger partial charge in [-0.1, -0.05) is 17.3 Å². The number of carbonyl (C=O) groups excluding carboxylic acids is 1. The monoisotopic (exact) mass is 374 g/mol. The lowest BCUT2D eigenvalue weighted by Crippen LogP contribution is -2.29. The Morgan fingerprint density at radius 3 is 2.44 bits per heavy atom. The van der Waals surface area contributed by atoms with Crippen molar-refractivity contribution >= 4 is 17.5 Å². The van der Waals surface area contributed by atoms with Gasteiger partial charge >= 0.3 is 6.09 Å². The van der Waals surface area contributed by atoms with Crippen molar-refractivity contribution in [3.8, 4) is 11.6 Å². The molecule has 27 heavy (non-hydrogen) atoms. The number of hydroxylamine groups is 1. The zero-order valence-corrected chi connectivity index (χ0v) is 16.1. The van der Waals surface area contributed by atoms with Crippen molar-refractivity contribution in [1.29, 1.82) is 0 Å². The molecule has 144 valence electrons. The molecule has 9 heteroatoms. The Morgan fingerprint density at radius 1 is 1.11 bits per heavy atom. The Balaban J connectivity index is 2.49. The maximum absolute atomic E-state index is 12.0. The topological polar surface area (TPSA) is 95.4 Å². The van der Waals surface area contributed by atoms with Gasteiger partial charge in [0.2, 0.25) is 5.88 Å². The van der Waals surface area contributed by atoms with Crippen molar-refractivity contribution in [2.45, 2.75) is 20.8 Å². The standard InChI is InChI=1S/C18H22N4O5/c1-11-12(2)19-16(13(3)21-25-5)20-17(11)27-15-10-8-7-9-14(15)22(26-6)18(23)24-4/h7-10H,1-6H3/b21-13-. The molecule has 0 radical (unpaired) electrons. The molecule has 0 bridgehead atoms. The molecule has 1 amide bonds. The van der Waals surface area contributed by atoms with Crippen molar-refractivity contribution in [2.75, 3.05) is 26.4 Å². The molecule has 9 nitrogen and oxygen atoms in total. The summed E-state index contributed by atoms with van der Waals surface area (Å²) in [6.45, 7) is 5.42. The van der Waals surface area contributed by atoms with Gasteiger partial charge in [0.25, 0.3) is 0 Å². The van der Waals surface area contributed by atoms with Crippen LogP contribution in [-0.2, 0) is 14.4 Å². The van der Waals surface area contributed by atoms with Crippen LogP contribution in [0.15, 0.2) is 29.4 Å². The molecule has 1 aromatic heterocycles. The largest absolute Gasteiger partial charge is 0.451 e. The molecule has 0 unspecified atom stereocenters. The number of methoxy groups -OCH3 is 1. The Hall–Kier alpha value is -3.20. The third kappa shape index (κ3) is 4.50. The number of nitrogens with zero attached hydrogens (tertiary/aromatic N) is 4. The highest BCUT2D eigenvalue weighted by Crippen LogP contribution is 2.33. The van der Waals surface area contributed by atoms with E-state index in [-0.39, 0.29) is 0 Å². The van der Waals surface area contributed by atoms with E-state index in [9.17, 15) is 4.79 Å². The molecule has 2 rings (SSSR count). The van der Waals surface area contributed by atoms with E-state index in [1.54, 1.807) is 31.2 Å². The zero-order chi connectivity index (χ0) is 20.0. The molecule has 0 spiro atoms. The lowest BCUT2D eigenvalue weighted by atomic mass is 10.2. The summed E-state index contributed by atoms with van der Waals surface area (Å²) in [5.74, 6) is 1.07. The smallest absolute Gasteiger partial charge is 0.438 e. The number of rotatable bonds is 6. The van der Waals surface area contributed by atoms with Crippen molar-refractivity contribution in [2.24, 2.45) is 5.16 Å². The minimum atomic E-state index is -0.687. The number of oxime groups is 1. The lowest BCUT2D eigenvalue weighted by molar-refractivity contribution is 0.115. The van der Waals surface area contributed by atoms with Crippen LogP contribution >= 0.6 is 0 Å². The van der Waals surface area contributed by atoms with Crippen molar-refractivity contribution in [3.63, 3.8) is 0 Å². The van der Waals surface area contributed by atoms with Crippen molar-refractivity contribution in [3.05, 3.63) is 41.3 Å². The molecule has 0 aliphatic carbocycles. The van der Waals surface area contributed by atoms with Crippen LogP contribution in [0, 0.1) is 13.8 Å². The fraction of sp³-hybridized carbons (Fsp3) is 0.333. The molecule has 0 N–H and O–H groups in total. The summed E-state index contributed by atoms with van der Waals surface area (Å²) < 4.78 is 10.7. The van der Waals surface area contributed by atoms with Gasteiger partial charge in [-0.15, -0.1) is 5.06 Å². The highest BCUT2D eigenvalue weighted by atomic mass is 16.7. The van der Waals surface area contributed by atoms with Gasteiger partial charge in [0.05, 0.1) is 14.2 Å². The first-order valence-corrected chi connectivity index (χ1v) is 8.05. The van der Waals surface area contributed by atoms with E-state index in [1.807, 2.05) is 13.8 Å². The van der Waals surface area contributed by atoms with Gasteiger partial charge in [0.1, 0.15) is 18.5 Å². The molecule has 1 aromatic carbocycles. The molecule has 2 aromatic rings. The maximum atomic E-state index is 12.0. The molecule has 1 heterocycles. The van der Waals surface area contributed by atoms with Crippen LogP contribution in [0.3, 0.4) is 0 Å². The predicted molar refractivity (Wildman–Crippen MR) is 99.1 cm³/mol. The van der Waals surface area contributed by atoms with Crippen LogP contribution in [0.25, 0.3) is 0 Å². The third-order valence-electron chi connectivity index (χ3n) is 3.71. The van der Waals surface area contributed by atoms with E-state index in [2.05, 4.69) is 15.1 Å². The number of hydrogen-bond acceptors (Lipinski definition) is 8. The number of aryl methyl sites for hydroxylation is 1. The highest BCUT2D eigenvalue weighted by molar-refractivity contribution is 5.95. The number of anilines is 1. The summed E-state index contributed by atoms with van der Waals surface area (Å²) in [7, 11) is 4.07. The SMILES string of the molecule is CO/N=C(/C)c1nc(C)c(C)c(Oc2ccccc2N(OC)C(=O)OC)n1. The Bertz CT molecular complexity index is 854. The number of benzene rings is 1. The molecule has 0 atom stereocenters. The van der Waals surface area contributed by atoms with Gasteiger partial charge in [-0.3, -0.25) is 4.84 Å². The van der Waals surface area contributed by atoms with Crippen LogP contribution in [0.1, 0.15) is 24.0 Å². The summed E-state index contributed by atoms with van der Waals surface area (Å²) in [4.78, 5) is 30.7. The molecule has 0 aliphatic rings. The number of aromatic nitrogens is 2. The minimum Gasteiger partial charge on any atom is -0.451 e. The van der Waals surface area contributed by atoms with Gasteiger partial charge in [0.15, 0.2) is 11.6 Å². The fourth-order valence-corrected chi connectivity index (χ4v) is 2.21. The molecular weight excluding hydrogens is 352 g/mol. The molecular formula is C18H22N4O5. The first-order chi connectivity index (χ1) is 12.9. The summed E-state index contributed by atoms with van der Waals surface area (Å²) >= 11 is 0. The van der Waals surface area contributed by atoms with Crippen molar-refractivity contribution in [1.82, 2.24) is 9.97 Å². The first-order valence-electron chi connectivity index (χ1n) is 8.05. The van der Waals surface area contributed by atoms with Crippen LogP contribution in [-0.4, -0.2) is 43.1 Å². The third-order valence-corrected chi connectivity index (χ3v) is 3.71. The van der Waals surface area contributed by atoms with Crippen LogP contribution in [0.4, 0.5) is 10.5 Å². The van der Waals surface area contributed by atoms with E-state index in [0.717, 1.165) is 16.3 Å². The number of hydrogen-bond donors (Lipinski definition) is 0. The average molecular weight is 374 g/mol. The summed E-state index contributed by atoms with van der Waals surface area (Å²) in [5.41, 5.74) is 2.36. The minimum absolute atomic E-state index is 0.330. The normalized spacial score (nSPS) is 11.1. The van der Waals surface area contributed by atoms with Gasteiger partial charge in [-0.05, 0) is 32.9 Å². The van der Waals surface area contributed by atoms with E-state index in [4.69, 9.17) is 19.1 Å². The van der Waals surface area contributed by atoms with Gasteiger partial charge in [0, 0.05) is 11.3 Å². The van der Waals surface area contributed by atoms with Gasteiger partial charge < -0.3 is 14.3 Å². The second-order valence-corrected chi connectivity index (χ2v) is 5.44. The Morgan fingerprint density at radius 2 is 1.81 bits per heavy atom. The Kier molecular flexibility index (Phi) is 6.67. The van der Waals surface area contributed by atoms with E-state index < -0.39 is 6.09 Å². The second-order valence-electron chi connectivity index (χ2n) is 5.44. The molecule has 0 saturated carbocycles. The predicted octanol–water partition coefficient (Wildman–Crippen LogP) is 3.39. The van der Waals surface area contributed by atoms with Crippen LogP contribution < -0.4 is 9.80 Å². The average Bonchev–Trinajstić information content (AvgIpc) is 2.67. The van der Waals surface area contributed by atoms with Crippen LogP contribution in [0.5, 0.6) is 11.6 Å². The number of ether oxygens (including phenoxy) is 2. The number of carbonyl (C=O) groups is 1. The lowest BCUT2D eigenvalue weighted by Gasteiger charge is -2.21. The van der Waals surface area contributed by atoms with E-state index in [0.29, 0.717) is 28.9 Å². The van der Waals surface area contributed by atoms with Crippen LogP contribution in [0.2, 0.25) is 0 Å². The molecule has 0 aliphatic heterocycles. The van der Waals surface area contributed by atoms with E-state index in [1.165, 1.54) is 21.3 Å². The number of amides is 1. The maximum Gasteiger partial charge on any atom is 0.438 e. The molecule has 0 saturated heterocycles. The summed E-state index contributed by atoms with van der Waals surface area (Å²) in [6, 6.07) is 6.87. The summed E-state index contributed by atoms with van der Waals surface area (Å²) in [6.07, 6.45) is -0.687. The summed E-state index contributed by atoms with van der Waals surface area (Å²) in [5, 5.41) is 4.84. The zero-order valence-electron chi connectivity index (χ0n) is 16.1. The quantitative estimate of drug-likeness (QED) is 0.565. The van der Waals surface area contributed by atoms with E-state index >= 15 is 0 Å². The number of para-hydroxylation sites is 2. The van der Waals surface area contributed by atoms with Gasteiger partial charge in [-0.2, -0.15) is 4.98 Å². The van der Waals surface area contributed by atoms with Crippen molar-refractivity contribution < 1.29 is 23.9 Å². The fourth-order valence-electron chi connectivity index (χ4n) is 2.21. The first kappa shape index (κ1) is 20.1. The highest BCUT2D eigenvalue weighted by Gasteiger charge is 2.22.